The zero-order valence-corrected chi connectivity index (χ0v) is 36.1. The van der Waals surface area contributed by atoms with Crippen molar-refractivity contribution in [2.45, 2.75) is 62.3 Å². The zero-order chi connectivity index (χ0) is 46.7. The number of fused-ring (bicyclic) bond motifs is 2. The normalized spacial score (nSPS) is 15.7. The highest BCUT2D eigenvalue weighted by atomic mass is 32.2. The molecule has 7 amide bonds. The molecule has 1 unspecified atom stereocenters. The van der Waals surface area contributed by atoms with Crippen molar-refractivity contribution in [2.24, 2.45) is 0 Å². The van der Waals surface area contributed by atoms with Gasteiger partial charge in [0.25, 0.3) is 27.7 Å². The van der Waals surface area contributed by atoms with Gasteiger partial charge in [-0.15, -0.1) is 0 Å². The Labute approximate surface area is 377 Å². The van der Waals surface area contributed by atoms with Crippen LogP contribution < -0.4 is 31.7 Å². The summed E-state index contributed by atoms with van der Waals surface area (Å²) in [6.45, 7) is 0.779. The monoisotopic (exact) mass is 914 g/mol. The largest absolute Gasteiger partial charge is 0.383 e. The third kappa shape index (κ3) is 9.51. The number of hydrogen-bond donors (Lipinski definition) is 6. The second-order valence-electron chi connectivity index (χ2n) is 16.0. The predicted molar refractivity (Wildman–Crippen MR) is 240 cm³/mol. The van der Waals surface area contributed by atoms with E-state index in [9.17, 15) is 42.0 Å². The number of amides is 7. The number of nitrogens with zero attached hydrogens (tertiary/aromatic N) is 2. The molecule has 0 aliphatic carbocycles. The number of nitrogen functional groups attached to an aromatic ring is 1. The van der Waals surface area contributed by atoms with E-state index >= 15 is 4.39 Å². The van der Waals surface area contributed by atoms with Crippen molar-refractivity contribution >= 4 is 68.6 Å². The van der Waals surface area contributed by atoms with Crippen molar-refractivity contribution in [3.63, 3.8) is 0 Å². The molecule has 5 aromatic rings. The lowest BCUT2D eigenvalue weighted by Crippen LogP contribution is -2.54. The Balaban J connectivity index is 0.798. The summed E-state index contributed by atoms with van der Waals surface area (Å²) in [6.07, 6.45) is 3.23. The van der Waals surface area contributed by atoms with E-state index in [1.54, 1.807) is 42.5 Å². The number of benzene rings is 4. The topological polar surface area (TPSA) is 256 Å². The van der Waals surface area contributed by atoms with Crippen LogP contribution in [0.15, 0.2) is 96.0 Å². The minimum Gasteiger partial charge on any atom is -0.383 e. The van der Waals surface area contributed by atoms with Crippen LogP contribution in [0.4, 0.5) is 21.6 Å². The Morgan fingerprint density at radius 2 is 1.59 bits per heavy atom. The number of nitrogens with one attached hydrogen (secondary N) is 5. The average Bonchev–Trinajstić information content (AvgIpc) is 3.54. The van der Waals surface area contributed by atoms with Gasteiger partial charge in [-0.2, -0.15) is 0 Å². The first kappa shape index (κ1) is 44.8. The molecule has 19 heteroatoms. The van der Waals surface area contributed by atoms with Crippen LogP contribution in [-0.4, -0.2) is 78.8 Å². The molecular formula is C47H43FN8O9S. The molecule has 4 aromatic carbocycles. The number of carbonyl (C=O) groups is 7. The van der Waals surface area contributed by atoms with Gasteiger partial charge < -0.3 is 21.7 Å². The number of aromatic nitrogens is 1. The van der Waals surface area contributed by atoms with Crippen LogP contribution in [0.3, 0.4) is 0 Å². The van der Waals surface area contributed by atoms with E-state index in [1.165, 1.54) is 36.5 Å². The summed E-state index contributed by atoms with van der Waals surface area (Å²) in [7, 11) is -4.27. The van der Waals surface area contributed by atoms with Crippen LogP contribution in [-0.2, 0) is 42.0 Å². The lowest BCUT2D eigenvalue weighted by Gasteiger charge is -2.27. The number of hydrogen-bond acceptors (Lipinski definition) is 11. The maximum absolute atomic E-state index is 15.6. The fourth-order valence-electron chi connectivity index (χ4n) is 8.21. The van der Waals surface area contributed by atoms with Crippen molar-refractivity contribution in [3.05, 3.63) is 125 Å². The molecule has 17 nitrogen and oxygen atoms in total. The Hall–Kier alpha value is -7.80. The third-order valence-electron chi connectivity index (χ3n) is 11.5. The van der Waals surface area contributed by atoms with E-state index in [4.69, 9.17) is 5.73 Å². The Kier molecular flexibility index (Phi) is 12.7. The van der Waals surface area contributed by atoms with E-state index in [-0.39, 0.29) is 89.5 Å². The number of aryl methyl sites for hydroxylation is 1. The second kappa shape index (κ2) is 18.7. The van der Waals surface area contributed by atoms with Gasteiger partial charge in [-0.05, 0) is 97.3 Å². The molecule has 1 aromatic heterocycles. The molecule has 3 aliphatic heterocycles. The molecule has 1 fully saturated rings. The summed E-state index contributed by atoms with van der Waals surface area (Å²) in [6, 6.07) is 20.2. The summed E-state index contributed by atoms with van der Waals surface area (Å²) >= 11 is 0. The number of carbonyl (C=O) groups excluding carboxylic acids is 7. The lowest BCUT2D eigenvalue weighted by atomic mass is 9.94. The number of pyridine rings is 1. The number of nitrogens with two attached hydrogens (primary N) is 1. The van der Waals surface area contributed by atoms with Crippen molar-refractivity contribution < 1.29 is 46.4 Å². The van der Waals surface area contributed by atoms with Crippen molar-refractivity contribution in [1.82, 2.24) is 25.8 Å². The molecule has 338 valence electrons. The molecular weight excluding hydrogens is 872 g/mol. The summed E-state index contributed by atoms with van der Waals surface area (Å²) in [5.41, 5.74) is 10.5. The number of sulfonamides is 1. The highest BCUT2D eigenvalue weighted by Gasteiger charge is 2.45. The number of imide groups is 2. The van der Waals surface area contributed by atoms with E-state index in [1.807, 2.05) is 6.07 Å². The van der Waals surface area contributed by atoms with Gasteiger partial charge in [-0.3, -0.25) is 48.5 Å². The highest BCUT2D eigenvalue weighted by molar-refractivity contribution is 7.92. The molecule has 4 heterocycles. The fraction of sp³-hybridized carbons (Fsp3) is 0.234. The average molecular weight is 915 g/mol. The minimum atomic E-state index is -4.27. The first-order valence-corrected chi connectivity index (χ1v) is 22.6. The van der Waals surface area contributed by atoms with E-state index in [2.05, 4.69) is 31.0 Å². The molecule has 7 N–H and O–H groups in total. The van der Waals surface area contributed by atoms with Gasteiger partial charge in [0.05, 0.1) is 21.7 Å². The van der Waals surface area contributed by atoms with Gasteiger partial charge in [-0.25, -0.2) is 17.8 Å². The number of rotatable bonds is 15. The number of piperidine rings is 1. The standard InChI is InChI=1S/C47H43FN8O9S/c48-37-24-32(12-14-33(37)29-22-36(43(49)52-25-29)27-10-13-34-28(21-27)18-20-51-44(34)60)66(64,65)55-31-7-4-6-30(23-31)53-40(58)9-1-2-19-50-39(57)16-11-26-5-3-8-35-42(26)47(63)56(46(35)62)38-15-17-41(59)54-45(38)61/h3-8,10,12-14,21-25,38,55H,1-2,9,11,15-20H2,(H2,49,52)(H,50,57)(H,51,60)(H,53,58)(H,54,59,61). The molecule has 3 aliphatic rings. The first-order valence-electron chi connectivity index (χ1n) is 21.2. The van der Waals surface area contributed by atoms with Crippen LogP contribution >= 0.6 is 0 Å². The van der Waals surface area contributed by atoms with E-state index < -0.39 is 45.5 Å². The maximum atomic E-state index is 15.6. The van der Waals surface area contributed by atoms with Gasteiger partial charge in [0.2, 0.25) is 23.6 Å². The summed E-state index contributed by atoms with van der Waals surface area (Å²) in [4.78, 5) is 92.9. The SMILES string of the molecule is Nc1ncc(-c2ccc(S(=O)(=O)Nc3cccc(NC(=O)CCCCNC(=O)CCc4cccc5c4C(=O)N(C4CCC(=O)NC4=O)C5=O)c3)cc2F)cc1-c1ccc2c(c1)CCNC2=O. The molecule has 8 rings (SSSR count). The van der Waals surface area contributed by atoms with Crippen LogP contribution in [0.25, 0.3) is 22.3 Å². The van der Waals surface area contributed by atoms with Crippen molar-refractivity contribution in [3.8, 4) is 22.3 Å². The predicted octanol–water partition coefficient (Wildman–Crippen LogP) is 4.48. The van der Waals surface area contributed by atoms with Gasteiger partial charge in [-0.1, -0.05) is 36.4 Å². The van der Waals surface area contributed by atoms with Crippen LogP contribution in [0, 0.1) is 5.82 Å². The van der Waals surface area contributed by atoms with Crippen molar-refractivity contribution in [1.29, 1.82) is 0 Å². The van der Waals surface area contributed by atoms with Gasteiger partial charge in [0.1, 0.15) is 17.7 Å². The highest BCUT2D eigenvalue weighted by Crippen LogP contribution is 2.34. The van der Waals surface area contributed by atoms with Gasteiger partial charge >= 0.3 is 0 Å². The quantitative estimate of drug-likeness (QED) is 0.0631. The zero-order valence-electron chi connectivity index (χ0n) is 35.2. The summed E-state index contributed by atoms with van der Waals surface area (Å²) in [5.74, 6) is -3.86. The second-order valence-corrected chi connectivity index (χ2v) is 17.7. The first-order chi connectivity index (χ1) is 31.7. The van der Waals surface area contributed by atoms with Crippen LogP contribution in [0.1, 0.15) is 80.7 Å². The van der Waals surface area contributed by atoms with Crippen molar-refractivity contribution in [2.75, 3.05) is 28.9 Å². The van der Waals surface area contributed by atoms with Gasteiger partial charge in [0, 0.05) is 66.5 Å². The van der Waals surface area contributed by atoms with E-state index in [0.717, 1.165) is 16.5 Å². The molecule has 1 atom stereocenters. The third-order valence-corrected chi connectivity index (χ3v) is 12.9. The molecule has 1 saturated heterocycles. The fourth-order valence-corrected chi connectivity index (χ4v) is 9.27. The van der Waals surface area contributed by atoms with Crippen LogP contribution in [0.5, 0.6) is 0 Å². The molecule has 0 saturated carbocycles. The smallest absolute Gasteiger partial charge is 0.262 e. The number of halogens is 1. The minimum absolute atomic E-state index is 0.00238. The molecule has 0 bridgehead atoms. The number of unbranched alkanes of at least 4 members (excludes halogenated alkanes) is 1. The molecule has 66 heavy (non-hydrogen) atoms. The summed E-state index contributed by atoms with van der Waals surface area (Å²) < 4.78 is 44.8. The van der Waals surface area contributed by atoms with Crippen LogP contribution in [0.2, 0.25) is 0 Å². The Morgan fingerprint density at radius 1 is 0.803 bits per heavy atom. The lowest BCUT2D eigenvalue weighted by molar-refractivity contribution is -0.136. The summed E-state index contributed by atoms with van der Waals surface area (Å²) in [5, 5.41) is 10.5. The Bertz CT molecular complexity index is 2980. The molecule has 0 spiro atoms. The molecule has 0 radical (unpaired) electrons. The Morgan fingerprint density at radius 3 is 2.39 bits per heavy atom. The van der Waals surface area contributed by atoms with E-state index in [0.29, 0.717) is 59.3 Å². The van der Waals surface area contributed by atoms with Gasteiger partial charge in [0.15, 0.2) is 0 Å². The number of anilines is 3. The maximum Gasteiger partial charge on any atom is 0.262 e.